The van der Waals surface area contributed by atoms with Crippen molar-refractivity contribution in [3.05, 3.63) is 24.3 Å². The number of hydrogen-bond donors (Lipinski definition) is 2. The minimum absolute atomic E-state index is 0.131. The van der Waals surface area contributed by atoms with Crippen LogP contribution in [-0.2, 0) is 4.79 Å². The van der Waals surface area contributed by atoms with Gasteiger partial charge in [0, 0.05) is 24.6 Å². The second kappa shape index (κ2) is 7.14. The Bertz CT molecular complexity index is 396. The molecule has 4 heteroatoms. The van der Waals surface area contributed by atoms with Crippen LogP contribution in [0.25, 0.3) is 0 Å². The van der Waals surface area contributed by atoms with Gasteiger partial charge in [-0.2, -0.15) is 0 Å². The molecule has 0 heterocycles. The van der Waals surface area contributed by atoms with Crippen LogP contribution in [0, 0.1) is 5.92 Å². The number of anilines is 1. The van der Waals surface area contributed by atoms with E-state index in [1.165, 1.54) is 0 Å². The molecule has 1 saturated carbocycles. The molecular formula is C15H21NO3. The molecule has 1 aromatic rings. The van der Waals surface area contributed by atoms with E-state index < -0.39 is 0 Å². The Labute approximate surface area is 113 Å². The van der Waals surface area contributed by atoms with Gasteiger partial charge in [0.2, 0.25) is 5.91 Å². The van der Waals surface area contributed by atoms with Gasteiger partial charge >= 0.3 is 0 Å². The van der Waals surface area contributed by atoms with Crippen molar-refractivity contribution in [1.29, 1.82) is 0 Å². The summed E-state index contributed by atoms with van der Waals surface area (Å²) < 4.78 is 5.43. The molecule has 0 saturated heterocycles. The standard InChI is InChI=1S/C15H21NO3/c17-10-3-11-19-14-8-6-13(7-9-14)16-15(18)12-4-1-2-5-12/h6-9,12,17H,1-5,10-11H2,(H,16,18). The summed E-state index contributed by atoms with van der Waals surface area (Å²) in [6.07, 6.45) is 4.97. The molecule has 1 fully saturated rings. The summed E-state index contributed by atoms with van der Waals surface area (Å²) in [5.41, 5.74) is 0.811. The molecule has 1 amide bonds. The Morgan fingerprint density at radius 1 is 1.26 bits per heavy atom. The van der Waals surface area contributed by atoms with Gasteiger partial charge in [0.1, 0.15) is 5.75 Å². The van der Waals surface area contributed by atoms with E-state index in [1.54, 1.807) is 0 Å². The molecule has 1 aliphatic carbocycles. The van der Waals surface area contributed by atoms with Crippen LogP contribution in [0.5, 0.6) is 5.75 Å². The largest absolute Gasteiger partial charge is 0.494 e. The van der Waals surface area contributed by atoms with Crippen molar-refractivity contribution in [3.63, 3.8) is 0 Å². The fourth-order valence-electron chi connectivity index (χ4n) is 2.32. The Kier molecular flexibility index (Phi) is 5.21. The van der Waals surface area contributed by atoms with Crippen LogP contribution in [0.3, 0.4) is 0 Å². The summed E-state index contributed by atoms with van der Waals surface area (Å²) in [5, 5.41) is 11.6. The lowest BCUT2D eigenvalue weighted by Gasteiger charge is -2.11. The summed E-state index contributed by atoms with van der Waals surface area (Å²) in [6, 6.07) is 7.37. The summed E-state index contributed by atoms with van der Waals surface area (Å²) in [7, 11) is 0. The van der Waals surface area contributed by atoms with Gasteiger partial charge in [0.05, 0.1) is 6.61 Å². The summed E-state index contributed by atoms with van der Waals surface area (Å²) in [6.45, 7) is 0.639. The van der Waals surface area contributed by atoms with Crippen molar-refractivity contribution in [1.82, 2.24) is 0 Å². The number of carbonyl (C=O) groups excluding carboxylic acids is 1. The van der Waals surface area contributed by atoms with Crippen LogP contribution in [0.1, 0.15) is 32.1 Å². The highest BCUT2D eigenvalue weighted by Crippen LogP contribution is 2.26. The van der Waals surface area contributed by atoms with Crippen LogP contribution < -0.4 is 10.1 Å². The minimum Gasteiger partial charge on any atom is -0.494 e. The van der Waals surface area contributed by atoms with Crippen molar-refractivity contribution < 1.29 is 14.6 Å². The predicted molar refractivity (Wildman–Crippen MR) is 74.2 cm³/mol. The third-order valence-electron chi connectivity index (χ3n) is 3.42. The zero-order valence-electron chi connectivity index (χ0n) is 11.1. The van der Waals surface area contributed by atoms with Crippen molar-refractivity contribution in [2.75, 3.05) is 18.5 Å². The highest BCUT2D eigenvalue weighted by molar-refractivity contribution is 5.92. The molecule has 1 aliphatic rings. The first kappa shape index (κ1) is 13.9. The van der Waals surface area contributed by atoms with Gasteiger partial charge in [-0.15, -0.1) is 0 Å². The normalized spacial score (nSPS) is 15.4. The molecule has 2 N–H and O–H groups in total. The molecular weight excluding hydrogens is 242 g/mol. The van der Waals surface area contributed by atoms with Crippen molar-refractivity contribution in [3.8, 4) is 5.75 Å². The van der Waals surface area contributed by atoms with Crippen molar-refractivity contribution in [2.24, 2.45) is 5.92 Å². The first-order valence-corrected chi connectivity index (χ1v) is 6.94. The number of rotatable bonds is 6. The molecule has 0 radical (unpaired) electrons. The van der Waals surface area contributed by atoms with Crippen LogP contribution in [0.4, 0.5) is 5.69 Å². The number of ether oxygens (including phenoxy) is 1. The topological polar surface area (TPSA) is 58.6 Å². The van der Waals surface area contributed by atoms with Crippen LogP contribution in [0.2, 0.25) is 0 Å². The second-order valence-corrected chi connectivity index (χ2v) is 4.92. The number of hydrogen-bond acceptors (Lipinski definition) is 3. The number of amides is 1. The lowest BCUT2D eigenvalue weighted by atomic mass is 10.1. The van der Waals surface area contributed by atoms with E-state index in [2.05, 4.69) is 5.32 Å². The molecule has 1 aromatic carbocycles. The monoisotopic (exact) mass is 263 g/mol. The maximum absolute atomic E-state index is 11.9. The number of carbonyl (C=O) groups is 1. The summed E-state index contributed by atoms with van der Waals surface area (Å²) in [4.78, 5) is 11.9. The fourth-order valence-corrected chi connectivity index (χ4v) is 2.32. The first-order chi connectivity index (χ1) is 9.29. The number of aliphatic hydroxyl groups excluding tert-OH is 1. The maximum atomic E-state index is 11.9. The minimum atomic E-state index is 0.131. The lowest BCUT2D eigenvalue weighted by Crippen LogP contribution is -2.20. The Hall–Kier alpha value is -1.55. The third-order valence-corrected chi connectivity index (χ3v) is 3.42. The number of aliphatic hydroxyl groups is 1. The molecule has 2 rings (SSSR count). The van der Waals surface area contributed by atoms with Crippen LogP contribution in [0.15, 0.2) is 24.3 Å². The van der Waals surface area contributed by atoms with Crippen LogP contribution in [-0.4, -0.2) is 24.2 Å². The maximum Gasteiger partial charge on any atom is 0.227 e. The highest BCUT2D eigenvalue weighted by atomic mass is 16.5. The van der Waals surface area contributed by atoms with Gasteiger partial charge < -0.3 is 15.2 Å². The number of nitrogens with one attached hydrogen (secondary N) is 1. The first-order valence-electron chi connectivity index (χ1n) is 6.94. The second-order valence-electron chi connectivity index (χ2n) is 4.92. The van der Waals surface area contributed by atoms with E-state index >= 15 is 0 Å². The fraction of sp³-hybridized carbons (Fsp3) is 0.533. The van der Waals surface area contributed by atoms with Gasteiger partial charge in [-0.05, 0) is 37.1 Å². The zero-order chi connectivity index (χ0) is 13.5. The molecule has 4 nitrogen and oxygen atoms in total. The van der Waals surface area contributed by atoms with E-state index in [0.717, 1.165) is 37.1 Å². The Morgan fingerprint density at radius 3 is 2.58 bits per heavy atom. The number of benzene rings is 1. The predicted octanol–water partition coefficient (Wildman–Crippen LogP) is 2.58. The highest BCUT2D eigenvalue weighted by Gasteiger charge is 2.22. The van der Waals surface area contributed by atoms with Crippen molar-refractivity contribution in [2.45, 2.75) is 32.1 Å². The molecule has 0 spiro atoms. The quantitative estimate of drug-likeness (QED) is 0.775. The Balaban J connectivity index is 1.82. The van der Waals surface area contributed by atoms with Crippen LogP contribution >= 0.6 is 0 Å². The third kappa shape index (κ3) is 4.24. The smallest absolute Gasteiger partial charge is 0.227 e. The van der Waals surface area contributed by atoms with E-state index in [9.17, 15) is 4.79 Å². The average molecular weight is 263 g/mol. The van der Waals surface area contributed by atoms with Gasteiger partial charge in [-0.25, -0.2) is 0 Å². The van der Waals surface area contributed by atoms with E-state index in [1.807, 2.05) is 24.3 Å². The van der Waals surface area contributed by atoms with Gasteiger partial charge in [-0.1, -0.05) is 12.8 Å². The summed E-state index contributed by atoms with van der Waals surface area (Å²) in [5.74, 6) is 1.07. The Morgan fingerprint density at radius 2 is 1.95 bits per heavy atom. The molecule has 0 bridgehead atoms. The molecule has 0 aromatic heterocycles. The van der Waals surface area contributed by atoms with E-state index in [-0.39, 0.29) is 18.4 Å². The lowest BCUT2D eigenvalue weighted by molar-refractivity contribution is -0.119. The summed E-state index contributed by atoms with van der Waals surface area (Å²) >= 11 is 0. The van der Waals surface area contributed by atoms with Gasteiger partial charge in [0.25, 0.3) is 0 Å². The van der Waals surface area contributed by atoms with E-state index in [4.69, 9.17) is 9.84 Å². The molecule has 0 aliphatic heterocycles. The molecule has 0 atom stereocenters. The molecule has 104 valence electrons. The molecule has 19 heavy (non-hydrogen) atoms. The zero-order valence-corrected chi connectivity index (χ0v) is 11.1. The van der Waals surface area contributed by atoms with Gasteiger partial charge in [-0.3, -0.25) is 4.79 Å². The van der Waals surface area contributed by atoms with E-state index in [0.29, 0.717) is 13.0 Å². The SMILES string of the molecule is O=C(Nc1ccc(OCCCO)cc1)C1CCCC1. The van der Waals surface area contributed by atoms with Gasteiger partial charge in [0.15, 0.2) is 0 Å². The molecule has 0 unspecified atom stereocenters. The average Bonchev–Trinajstić information content (AvgIpc) is 2.95. The van der Waals surface area contributed by atoms with Crippen molar-refractivity contribution >= 4 is 11.6 Å².